The van der Waals surface area contributed by atoms with Gasteiger partial charge in [0.05, 0.1) is 5.56 Å². The summed E-state index contributed by atoms with van der Waals surface area (Å²) < 4.78 is 11.2. The Morgan fingerprint density at radius 2 is 1.68 bits per heavy atom. The van der Waals surface area contributed by atoms with E-state index in [1.165, 1.54) is 0 Å². The molecular formula is C22H25N3O3. The van der Waals surface area contributed by atoms with Crippen LogP contribution >= 0.6 is 0 Å². The molecule has 2 aromatic carbocycles. The minimum Gasteiger partial charge on any atom is -0.449 e. The fourth-order valence-corrected chi connectivity index (χ4v) is 2.89. The third kappa shape index (κ3) is 4.39. The lowest BCUT2D eigenvalue weighted by Crippen LogP contribution is -2.21. The summed E-state index contributed by atoms with van der Waals surface area (Å²) in [6.45, 7) is 9.76. The second-order valence-electron chi connectivity index (χ2n) is 6.58. The molecule has 28 heavy (non-hydrogen) atoms. The van der Waals surface area contributed by atoms with E-state index in [1.54, 1.807) is 19.1 Å². The quantitative estimate of drug-likeness (QED) is 0.549. The fraction of sp³-hybridized carbons (Fsp3) is 0.318. The third-order valence-corrected chi connectivity index (χ3v) is 4.60. The molecule has 0 bridgehead atoms. The number of esters is 1. The van der Waals surface area contributed by atoms with Gasteiger partial charge in [0.25, 0.3) is 5.89 Å². The van der Waals surface area contributed by atoms with Gasteiger partial charge in [0.2, 0.25) is 5.89 Å². The van der Waals surface area contributed by atoms with Crippen LogP contribution in [-0.4, -0.2) is 29.3 Å². The number of rotatable bonds is 7. The molecule has 0 amide bonds. The maximum atomic E-state index is 12.4. The second kappa shape index (κ2) is 8.69. The first-order valence-electron chi connectivity index (χ1n) is 9.48. The monoisotopic (exact) mass is 379 g/mol. The van der Waals surface area contributed by atoms with Crippen LogP contribution in [0.4, 0.5) is 5.69 Å². The summed E-state index contributed by atoms with van der Waals surface area (Å²) in [5, 5.41) is 8.07. The molecular weight excluding hydrogens is 354 g/mol. The van der Waals surface area contributed by atoms with Crippen LogP contribution in [0.2, 0.25) is 0 Å². The molecule has 0 saturated heterocycles. The van der Waals surface area contributed by atoms with Crippen molar-refractivity contribution in [3.8, 4) is 11.5 Å². The lowest BCUT2D eigenvalue weighted by molar-refractivity contribution is 0.0280. The van der Waals surface area contributed by atoms with Gasteiger partial charge in [0.1, 0.15) is 0 Å². The van der Waals surface area contributed by atoms with Crippen molar-refractivity contribution >= 4 is 11.7 Å². The van der Waals surface area contributed by atoms with Gasteiger partial charge in [-0.15, -0.1) is 10.2 Å². The molecule has 0 aliphatic carbocycles. The Hall–Kier alpha value is -3.15. The number of aromatic nitrogens is 2. The van der Waals surface area contributed by atoms with E-state index in [-0.39, 0.29) is 5.89 Å². The molecule has 6 heteroatoms. The number of benzene rings is 2. The molecule has 0 spiro atoms. The zero-order valence-corrected chi connectivity index (χ0v) is 16.7. The van der Waals surface area contributed by atoms with Gasteiger partial charge in [-0.2, -0.15) is 0 Å². The number of carbonyl (C=O) groups is 1. The van der Waals surface area contributed by atoms with E-state index in [4.69, 9.17) is 9.15 Å². The first-order valence-corrected chi connectivity index (χ1v) is 9.48. The molecule has 1 atom stereocenters. The van der Waals surface area contributed by atoms with Crippen LogP contribution in [0.25, 0.3) is 11.5 Å². The van der Waals surface area contributed by atoms with E-state index in [0.29, 0.717) is 11.5 Å². The maximum absolute atomic E-state index is 12.4. The fourth-order valence-electron chi connectivity index (χ4n) is 2.89. The van der Waals surface area contributed by atoms with Gasteiger partial charge in [0, 0.05) is 24.3 Å². The summed E-state index contributed by atoms with van der Waals surface area (Å²) in [5.74, 6) is 0.249. The van der Waals surface area contributed by atoms with E-state index < -0.39 is 12.1 Å². The second-order valence-corrected chi connectivity index (χ2v) is 6.58. The van der Waals surface area contributed by atoms with E-state index >= 15 is 0 Å². The predicted octanol–water partition coefficient (Wildman–Crippen LogP) is 4.81. The number of ether oxygens (including phenoxy) is 1. The highest BCUT2D eigenvalue weighted by Gasteiger charge is 2.20. The van der Waals surface area contributed by atoms with Gasteiger partial charge >= 0.3 is 5.97 Å². The largest absolute Gasteiger partial charge is 0.449 e. The Morgan fingerprint density at radius 3 is 2.29 bits per heavy atom. The van der Waals surface area contributed by atoms with Crippen LogP contribution in [0.15, 0.2) is 52.9 Å². The molecule has 0 unspecified atom stereocenters. The Bertz CT molecular complexity index is 913. The van der Waals surface area contributed by atoms with Crippen LogP contribution in [0, 0.1) is 6.92 Å². The van der Waals surface area contributed by atoms with Crippen molar-refractivity contribution in [2.75, 3.05) is 18.0 Å². The molecule has 0 aliphatic heterocycles. The van der Waals surface area contributed by atoms with Crippen molar-refractivity contribution in [1.82, 2.24) is 10.2 Å². The molecule has 6 nitrogen and oxygen atoms in total. The number of hydrogen-bond acceptors (Lipinski definition) is 6. The number of nitrogens with zero attached hydrogens (tertiary/aromatic N) is 3. The van der Waals surface area contributed by atoms with E-state index in [0.717, 1.165) is 29.9 Å². The van der Waals surface area contributed by atoms with Crippen molar-refractivity contribution in [1.29, 1.82) is 0 Å². The number of carbonyl (C=O) groups excluding carboxylic acids is 1. The third-order valence-electron chi connectivity index (χ3n) is 4.60. The van der Waals surface area contributed by atoms with Gasteiger partial charge in [-0.05, 0) is 64.1 Å². The molecule has 3 aromatic rings. The normalized spacial score (nSPS) is 11.9. The predicted molar refractivity (Wildman–Crippen MR) is 108 cm³/mol. The highest BCUT2D eigenvalue weighted by atomic mass is 16.6. The van der Waals surface area contributed by atoms with Crippen molar-refractivity contribution in [2.45, 2.75) is 33.8 Å². The van der Waals surface area contributed by atoms with Gasteiger partial charge < -0.3 is 14.1 Å². The Balaban J connectivity index is 1.66. The smallest absolute Gasteiger partial charge is 0.338 e. The Kier molecular flexibility index (Phi) is 6.09. The zero-order chi connectivity index (χ0) is 20.1. The topological polar surface area (TPSA) is 68.5 Å². The van der Waals surface area contributed by atoms with E-state index in [2.05, 4.69) is 28.9 Å². The molecule has 0 radical (unpaired) electrons. The lowest BCUT2D eigenvalue weighted by atomic mass is 10.1. The van der Waals surface area contributed by atoms with Crippen LogP contribution in [0.5, 0.6) is 0 Å². The summed E-state index contributed by atoms with van der Waals surface area (Å²) in [6, 6.07) is 15.2. The van der Waals surface area contributed by atoms with Crippen LogP contribution in [0.3, 0.4) is 0 Å². The summed E-state index contributed by atoms with van der Waals surface area (Å²) >= 11 is 0. The molecule has 0 fully saturated rings. The number of aryl methyl sites for hydroxylation is 1. The van der Waals surface area contributed by atoms with Gasteiger partial charge in [-0.3, -0.25) is 0 Å². The molecule has 1 heterocycles. The van der Waals surface area contributed by atoms with Crippen LogP contribution in [-0.2, 0) is 4.74 Å². The Morgan fingerprint density at radius 1 is 1.04 bits per heavy atom. The molecule has 3 rings (SSSR count). The van der Waals surface area contributed by atoms with Crippen molar-refractivity contribution in [2.24, 2.45) is 0 Å². The zero-order valence-electron chi connectivity index (χ0n) is 16.7. The molecule has 146 valence electrons. The number of anilines is 1. The number of hydrogen-bond donors (Lipinski definition) is 0. The summed E-state index contributed by atoms with van der Waals surface area (Å²) in [7, 11) is 0. The molecule has 0 aliphatic rings. The van der Waals surface area contributed by atoms with E-state index in [1.807, 2.05) is 43.3 Å². The lowest BCUT2D eigenvalue weighted by Gasteiger charge is -2.21. The summed E-state index contributed by atoms with van der Waals surface area (Å²) in [6.07, 6.45) is -0.637. The van der Waals surface area contributed by atoms with Crippen molar-refractivity contribution in [3.05, 3.63) is 65.5 Å². The maximum Gasteiger partial charge on any atom is 0.338 e. The SMILES string of the molecule is CCN(CC)c1ccc(C(=O)O[C@@H](C)c2nnc(-c3ccc(C)cc3)o2)cc1. The minimum atomic E-state index is -0.637. The minimum absolute atomic E-state index is 0.267. The van der Waals surface area contributed by atoms with Crippen molar-refractivity contribution in [3.63, 3.8) is 0 Å². The highest BCUT2D eigenvalue weighted by molar-refractivity contribution is 5.90. The molecule has 0 N–H and O–H groups in total. The van der Waals surface area contributed by atoms with E-state index in [9.17, 15) is 4.79 Å². The van der Waals surface area contributed by atoms with Crippen LogP contribution in [0.1, 0.15) is 48.7 Å². The van der Waals surface area contributed by atoms with Gasteiger partial charge in [0.15, 0.2) is 6.10 Å². The average Bonchev–Trinajstić information content (AvgIpc) is 3.20. The average molecular weight is 379 g/mol. The standard InChI is InChI=1S/C22H25N3O3/c1-5-25(6-2)19-13-11-18(12-14-19)22(26)27-16(4)20-23-24-21(28-20)17-9-7-15(3)8-10-17/h7-14,16H,5-6H2,1-4H3/t16-/m0/s1. The summed E-state index contributed by atoms with van der Waals surface area (Å²) in [5.41, 5.74) is 3.54. The first kappa shape index (κ1) is 19.6. The van der Waals surface area contributed by atoms with Crippen LogP contribution < -0.4 is 4.90 Å². The summed E-state index contributed by atoms with van der Waals surface area (Å²) in [4.78, 5) is 14.6. The van der Waals surface area contributed by atoms with Crippen molar-refractivity contribution < 1.29 is 13.9 Å². The van der Waals surface area contributed by atoms with Gasteiger partial charge in [-0.1, -0.05) is 17.7 Å². The molecule has 1 aromatic heterocycles. The van der Waals surface area contributed by atoms with Gasteiger partial charge in [-0.25, -0.2) is 4.79 Å². The Labute approximate surface area is 165 Å². The molecule has 0 saturated carbocycles. The highest BCUT2D eigenvalue weighted by Crippen LogP contribution is 2.24. The first-order chi connectivity index (χ1) is 13.5.